The molecule has 2 amide bonds. The van der Waals surface area contributed by atoms with Crippen LogP contribution in [0.25, 0.3) is 5.69 Å². The Kier molecular flexibility index (Phi) is 7.06. The number of aromatic amines is 1. The second-order valence-electron chi connectivity index (χ2n) is 9.41. The van der Waals surface area contributed by atoms with Gasteiger partial charge < -0.3 is 15.0 Å². The number of likely N-dealkylation sites (tertiary alicyclic amines) is 1. The zero-order valence-electron chi connectivity index (χ0n) is 19.5. The predicted molar refractivity (Wildman–Crippen MR) is 121 cm³/mol. The number of alkyl carbamates (subject to hydrolysis) is 1. The van der Waals surface area contributed by atoms with Crippen molar-refractivity contribution < 1.29 is 14.3 Å². The number of nitrogens with zero attached hydrogens (tertiary/aromatic N) is 3. The van der Waals surface area contributed by atoms with Crippen molar-refractivity contribution in [1.82, 2.24) is 25.0 Å². The third kappa shape index (κ3) is 5.77. The number of carbonyl (C=O) groups is 2. The summed E-state index contributed by atoms with van der Waals surface area (Å²) in [6.07, 6.45) is 1.67. The van der Waals surface area contributed by atoms with Gasteiger partial charge in [0, 0.05) is 19.5 Å². The molecule has 0 aliphatic carbocycles. The molecule has 3 rings (SSSR count). The van der Waals surface area contributed by atoms with Gasteiger partial charge in [0.25, 0.3) is 0 Å². The van der Waals surface area contributed by atoms with Gasteiger partial charge in [-0.3, -0.25) is 4.79 Å². The summed E-state index contributed by atoms with van der Waals surface area (Å²) in [6.45, 7) is 10.2. The number of amides is 2. The average molecular weight is 444 g/mol. The SMILES string of the molecule is Cc1ccccc1-n1c(CC2CCN(C(=O)C(C)NC(=O)OC(C)(C)C)CC2)n[nH]c1=O. The lowest BCUT2D eigenvalue weighted by molar-refractivity contribution is -0.134. The number of H-pyrrole nitrogens is 1. The lowest BCUT2D eigenvalue weighted by Crippen LogP contribution is -2.50. The lowest BCUT2D eigenvalue weighted by atomic mass is 9.93. The number of carbonyl (C=O) groups excluding carboxylic acids is 2. The molecule has 1 saturated heterocycles. The molecule has 1 atom stereocenters. The molecular weight excluding hydrogens is 410 g/mol. The second kappa shape index (κ2) is 9.58. The first-order valence-corrected chi connectivity index (χ1v) is 11.1. The largest absolute Gasteiger partial charge is 0.444 e. The van der Waals surface area contributed by atoms with Crippen LogP contribution in [0.4, 0.5) is 4.79 Å². The molecule has 0 saturated carbocycles. The fourth-order valence-electron chi connectivity index (χ4n) is 3.96. The van der Waals surface area contributed by atoms with Crippen LogP contribution in [-0.4, -0.2) is 56.4 Å². The van der Waals surface area contributed by atoms with Crippen LogP contribution in [0.1, 0.15) is 51.9 Å². The van der Waals surface area contributed by atoms with Crippen molar-refractivity contribution >= 4 is 12.0 Å². The van der Waals surface area contributed by atoms with E-state index in [-0.39, 0.29) is 11.6 Å². The molecule has 0 spiro atoms. The Bertz CT molecular complexity index is 1010. The van der Waals surface area contributed by atoms with Gasteiger partial charge in [0.15, 0.2) is 0 Å². The van der Waals surface area contributed by atoms with Gasteiger partial charge in [0.05, 0.1) is 5.69 Å². The van der Waals surface area contributed by atoms with Gasteiger partial charge in [-0.2, -0.15) is 5.10 Å². The van der Waals surface area contributed by atoms with E-state index in [1.807, 2.05) is 31.2 Å². The first-order chi connectivity index (χ1) is 15.0. The third-order valence-corrected chi connectivity index (χ3v) is 5.60. The maximum atomic E-state index is 12.7. The summed E-state index contributed by atoms with van der Waals surface area (Å²) in [6, 6.07) is 7.07. The number of benzene rings is 1. The minimum Gasteiger partial charge on any atom is -0.444 e. The van der Waals surface area contributed by atoms with E-state index in [9.17, 15) is 14.4 Å². The molecule has 1 aromatic heterocycles. The number of piperidine rings is 1. The van der Waals surface area contributed by atoms with E-state index in [4.69, 9.17) is 4.74 Å². The number of aryl methyl sites for hydroxylation is 1. The van der Waals surface area contributed by atoms with Crippen molar-refractivity contribution in [3.05, 3.63) is 46.1 Å². The molecule has 0 radical (unpaired) electrons. The van der Waals surface area contributed by atoms with Crippen LogP contribution in [0.15, 0.2) is 29.1 Å². The van der Waals surface area contributed by atoms with Gasteiger partial charge in [0.2, 0.25) is 5.91 Å². The van der Waals surface area contributed by atoms with Gasteiger partial charge in [-0.1, -0.05) is 18.2 Å². The van der Waals surface area contributed by atoms with Gasteiger partial charge >= 0.3 is 11.8 Å². The molecule has 0 bridgehead atoms. The second-order valence-corrected chi connectivity index (χ2v) is 9.41. The summed E-state index contributed by atoms with van der Waals surface area (Å²) in [5, 5.41) is 9.44. The Labute approximate surface area is 188 Å². The number of ether oxygens (including phenoxy) is 1. The monoisotopic (exact) mass is 443 g/mol. The molecule has 174 valence electrons. The predicted octanol–water partition coefficient (Wildman–Crippen LogP) is 2.56. The summed E-state index contributed by atoms with van der Waals surface area (Å²) in [4.78, 5) is 38.8. The number of rotatable bonds is 5. The van der Waals surface area contributed by atoms with Crippen LogP contribution >= 0.6 is 0 Å². The molecule has 1 unspecified atom stereocenters. The normalized spacial score (nSPS) is 16.0. The minimum atomic E-state index is -0.654. The topological polar surface area (TPSA) is 109 Å². The number of aromatic nitrogens is 3. The Morgan fingerprint density at radius 2 is 1.91 bits per heavy atom. The number of nitrogens with one attached hydrogen (secondary N) is 2. The highest BCUT2D eigenvalue weighted by Crippen LogP contribution is 2.23. The van der Waals surface area contributed by atoms with E-state index >= 15 is 0 Å². The Morgan fingerprint density at radius 1 is 1.25 bits per heavy atom. The van der Waals surface area contributed by atoms with E-state index in [0.29, 0.717) is 31.3 Å². The van der Waals surface area contributed by atoms with Crippen molar-refractivity contribution in [2.24, 2.45) is 5.92 Å². The summed E-state index contributed by atoms with van der Waals surface area (Å²) >= 11 is 0. The highest BCUT2D eigenvalue weighted by molar-refractivity contribution is 5.85. The summed E-state index contributed by atoms with van der Waals surface area (Å²) < 4.78 is 6.87. The van der Waals surface area contributed by atoms with E-state index in [2.05, 4.69) is 15.5 Å². The third-order valence-electron chi connectivity index (χ3n) is 5.60. The highest BCUT2D eigenvalue weighted by atomic mass is 16.6. The molecule has 1 aliphatic rings. The smallest absolute Gasteiger partial charge is 0.408 e. The molecule has 9 heteroatoms. The summed E-state index contributed by atoms with van der Waals surface area (Å²) in [5.74, 6) is 0.895. The summed E-state index contributed by atoms with van der Waals surface area (Å²) in [5.41, 5.74) is 0.973. The molecule has 2 N–H and O–H groups in total. The molecule has 1 aromatic carbocycles. The fourth-order valence-corrected chi connectivity index (χ4v) is 3.96. The average Bonchev–Trinajstić information content (AvgIpc) is 3.07. The zero-order chi connectivity index (χ0) is 23.5. The molecule has 2 heterocycles. The molecule has 1 fully saturated rings. The number of para-hydroxylation sites is 1. The van der Waals surface area contributed by atoms with Crippen LogP contribution in [0.3, 0.4) is 0 Å². The standard InChI is InChI=1S/C23H33N5O4/c1-15-8-6-7-9-18(15)28-19(25-26-21(28)30)14-17-10-12-27(13-11-17)20(29)16(2)24-22(31)32-23(3,4)5/h6-9,16-17H,10-14H2,1-5H3,(H,24,31)(H,26,30). The quantitative estimate of drug-likeness (QED) is 0.738. The number of hydrogen-bond donors (Lipinski definition) is 2. The van der Waals surface area contributed by atoms with Gasteiger partial charge in [0.1, 0.15) is 17.5 Å². The Balaban J connectivity index is 1.57. The van der Waals surface area contributed by atoms with Crippen LogP contribution < -0.4 is 11.0 Å². The minimum absolute atomic E-state index is 0.120. The molecule has 9 nitrogen and oxygen atoms in total. The first-order valence-electron chi connectivity index (χ1n) is 11.1. The fraction of sp³-hybridized carbons (Fsp3) is 0.565. The van der Waals surface area contributed by atoms with Crippen LogP contribution in [0.2, 0.25) is 0 Å². The molecular formula is C23H33N5O4. The summed E-state index contributed by atoms with van der Waals surface area (Å²) in [7, 11) is 0. The maximum absolute atomic E-state index is 12.7. The van der Waals surface area contributed by atoms with Crippen LogP contribution in [-0.2, 0) is 16.0 Å². The maximum Gasteiger partial charge on any atom is 0.408 e. The van der Waals surface area contributed by atoms with E-state index < -0.39 is 17.7 Å². The van der Waals surface area contributed by atoms with Crippen LogP contribution in [0, 0.1) is 12.8 Å². The Morgan fingerprint density at radius 3 is 2.53 bits per heavy atom. The van der Waals surface area contributed by atoms with E-state index in [0.717, 1.165) is 24.1 Å². The number of hydrogen-bond acceptors (Lipinski definition) is 5. The van der Waals surface area contributed by atoms with Crippen LogP contribution in [0.5, 0.6) is 0 Å². The molecule has 2 aromatic rings. The Hall–Kier alpha value is -3.10. The highest BCUT2D eigenvalue weighted by Gasteiger charge is 2.29. The van der Waals surface area contributed by atoms with Gasteiger partial charge in [-0.15, -0.1) is 0 Å². The molecule has 1 aliphatic heterocycles. The van der Waals surface area contributed by atoms with E-state index in [1.165, 1.54) is 0 Å². The van der Waals surface area contributed by atoms with Crippen molar-refractivity contribution in [3.63, 3.8) is 0 Å². The van der Waals surface area contributed by atoms with Gasteiger partial charge in [-0.25, -0.2) is 19.3 Å². The lowest BCUT2D eigenvalue weighted by Gasteiger charge is -2.33. The van der Waals surface area contributed by atoms with Crippen molar-refractivity contribution in [3.8, 4) is 5.69 Å². The zero-order valence-corrected chi connectivity index (χ0v) is 19.5. The van der Waals surface area contributed by atoms with Crippen molar-refractivity contribution in [2.45, 2.75) is 65.5 Å². The van der Waals surface area contributed by atoms with Gasteiger partial charge in [-0.05, 0) is 65.0 Å². The molecule has 32 heavy (non-hydrogen) atoms. The van der Waals surface area contributed by atoms with Crippen molar-refractivity contribution in [2.75, 3.05) is 13.1 Å². The van der Waals surface area contributed by atoms with E-state index in [1.54, 1.807) is 37.2 Å². The first kappa shape index (κ1) is 23.6. The van der Waals surface area contributed by atoms with Crippen molar-refractivity contribution in [1.29, 1.82) is 0 Å².